The molecule has 0 unspecified atom stereocenters. The monoisotopic (exact) mass is 224 g/mol. The predicted molar refractivity (Wildman–Crippen MR) is 65.2 cm³/mol. The highest BCUT2D eigenvalue weighted by Crippen LogP contribution is 2.42. The molecule has 16 heavy (non-hydrogen) atoms. The number of nitrogens with one attached hydrogen (secondary N) is 1. The quantitative estimate of drug-likeness (QED) is 0.789. The van der Waals surface area contributed by atoms with Gasteiger partial charge in [-0.2, -0.15) is 0 Å². The second-order valence-electron chi connectivity index (χ2n) is 5.52. The highest BCUT2D eigenvalue weighted by molar-refractivity contribution is 5.84. The average Bonchev–Trinajstić information content (AvgIpc) is 2.74. The van der Waals surface area contributed by atoms with Crippen molar-refractivity contribution in [2.75, 3.05) is 20.6 Å². The first-order chi connectivity index (χ1) is 7.69. The summed E-state index contributed by atoms with van der Waals surface area (Å²) in [5.41, 5.74) is -0.0634. The minimum absolute atomic E-state index is 0.0634. The van der Waals surface area contributed by atoms with Gasteiger partial charge in [-0.1, -0.05) is 19.3 Å². The van der Waals surface area contributed by atoms with Gasteiger partial charge in [0.15, 0.2) is 0 Å². The van der Waals surface area contributed by atoms with Gasteiger partial charge in [-0.25, -0.2) is 0 Å². The van der Waals surface area contributed by atoms with Gasteiger partial charge >= 0.3 is 0 Å². The fraction of sp³-hybridized carbons (Fsp3) is 0.923. The second kappa shape index (κ2) is 4.74. The van der Waals surface area contributed by atoms with Crippen LogP contribution < -0.4 is 5.32 Å². The van der Waals surface area contributed by atoms with Crippen molar-refractivity contribution in [3.05, 3.63) is 0 Å². The lowest BCUT2D eigenvalue weighted by Crippen LogP contribution is -2.53. The molecule has 0 radical (unpaired) electrons. The fourth-order valence-electron chi connectivity index (χ4n) is 3.24. The lowest BCUT2D eigenvalue weighted by Gasteiger charge is -2.44. The van der Waals surface area contributed by atoms with Gasteiger partial charge in [-0.3, -0.25) is 4.79 Å². The molecular weight excluding hydrogens is 200 g/mol. The molecule has 0 saturated heterocycles. The first-order valence-electron chi connectivity index (χ1n) is 6.61. The van der Waals surface area contributed by atoms with E-state index in [0.29, 0.717) is 11.9 Å². The Balaban J connectivity index is 1.99. The topological polar surface area (TPSA) is 32.3 Å². The highest BCUT2D eigenvalue weighted by atomic mass is 16.2. The summed E-state index contributed by atoms with van der Waals surface area (Å²) in [7, 11) is 3.96. The van der Waals surface area contributed by atoms with Crippen LogP contribution in [0.3, 0.4) is 0 Å². The zero-order chi connectivity index (χ0) is 11.6. The van der Waals surface area contributed by atoms with Gasteiger partial charge in [0.05, 0.1) is 5.41 Å². The van der Waals surface area contributed by atoms with Crippen LogP contribution in [0.5, 0.6) is 0 Å². The van der Waals surface area contributed by atoms with Crippen molar-refractivity contribution < 1.29 is 4.79 Å². The van der Waals surface area contributed by atoms with E-state index in [1.807, 2.05) is 19.0 Å². The molecule has 0 aromatic heterocycles. The van der Waals surface area contributed by atoms with E-state index in [1.54, 1.807) is 0 Å². The van der Waals surface area contributed by atoms with E-state index in [2.05, 4.69) is 5.32 Å². The Morgan fingerprint density at radius 3 is 2.38 bits per heavy atom. The first kappa shape index (κ1) is 11.9. The van der Waals surface area contributed by atoms with Crippen molar-refractivity contribution in [1.29, 1.82) is 0 Å². The summed E-state index contributed by atoms with van der Waals surface area (Å²) in [6.45, 7) is 0.850. The minimum Gasteiger partial charge on any atom is -0.342 e. The maximum absolute atomic E-state index is 12.5. The van der Waals surface area contributed by atoms with Crippen molar-refractivity contribution >= 4 is 5.91 Å². The number of carbonyl (C=O) groups excluding carboxylic acids is 1. The van der Waals surface area contributed by atoms with Crippen molar-refractivity contribution in [2.45, 2.75) is 51.0 Å². The summed E-state index contributed by atoms with van der Waals surface area (Å²) in [6.07, 6.45) is 8.36. The summed E-state index contributed by atoms with van der Waals surface area (Å²) in [5.74, 6) is 0.389. The molecule has 3 heteroatoms. The molecule has 2 rings (SSSR count). The molecule has 3 nitrogen and oxygen atoms in total. The van der Waals surface area contributed by atoms with E-state index < -0.39 is 0 Å². The van der Waals surface area contributed by atoms with Gasteiger partial charge in [-0.15, -0.1) is 0 Å². The number of carbonyl (C=O) groups is 1. The highest BCUT2D eigenvalue weighted by Gasteiger charge is 2.46. The minimum atomic E-state index is -0.0634. The summed E-state index contributed by atoms with van der Waals surface area (Å²) in [6, 6.07) is 0.516. The Kier molecular flexibility index (Phi) is 3.53. The van der Waals surface area contributed by atoms with Gasteiger partial charge in [0, 0.05) is 19.6 Å². The van der Waals surface area contributed by atoms with E-state index in [0.717, 1.165) is 19.4 Å². The summed E-state index contributed by atoms with van der Waals surface area (Å²) in [4.78, 5) is 14.6. The van der Waals surface area contributed by atoms with Gasteiger partial charge in [0.25, 0.3) is 0 Å². The van der Waals surface area contributed by atoms with Crippen molar-refractivity contribution in [1.82, 2.24) is 10.2 Å². The molecule has 1 amide bonds. The Morgan fingerprint density at radius 1 is 1.31 bits per heavy atom. The van der Waals surface area contributed by atoms with E-state index in [4.69, 9.17) is 0 Å². The summed E-state index contributed by atoms with van der Waals surface area (Å²) in [5, 5.41) is 3.19. The molecule has 0 bridgehead atoms. The van der Waals surface area contributed by atoms with Gasteiger partial charge in [-0.05, 0) is 32.7 Å². The maximum atomic E-state index is 12.5. The number of hydrogen-bond acceptors (Lipinski definition) is 2. The third-order valence-electron chi connectivity index (χ3n) is 4.47. The number of rotatable bonds is 4. The second-order valence-corrected chi connectivity index (χ2v) is 5.52. The van der Waals surface area contributed by atoms with Crippen LogP contribution in [0.2, 0.25) is 0 Å². The zero-order valence-electron chi connectivity index (χ0n) is 10.6. The Hall–Kier alpha value is -0.570. The average molecular weight is 224 g/mol. The molecule has 1 N–H and O–H groups in total. The van der Waals surface area contributed by atoms with Crippen LogP contribution in [0, 0.1) is 5.41 Å². The van der Waals surface area contributed by atoms with E-state index in [1.165, 1.54) is 32.1 Å². The summed E-state index contributed by atoms with van der Waals surface area (Å²) >= 11 is 0. The molecule has 92 valence electrons. The molecule has 2 fully saturated rings. The molecule has 0 heterocycles. The molecule has 0 aliphatic heterocycles. The molecule has 2 aliphatic carbocycles. The Labute approximate surface area is 98.6 Å². The SMILES string of the molecule is CNCC1(C(=O)N(C)C2CCCC2)CCC1. The van der Waals surface area contributed by atoms with Gasteiger partial charge in [0.1, 0.15) is 0 Å². The molecular formula is C13H24N2O. The molecule has 2 saturated carbocycles. The molecule has 0 atom stereocenters. The zero-order valence-corrected chi connectivity index (χ0v) is 10.6. The summed E-state index contributed by atoms with van der Waals surface area (Å²) < 4.78 is 0. The third-order valence-corrected chi connectivity index (χ3v) is 4.47. The Morgan fingerprint density at radius 2 is 1.94 bits per heavy atom. The van der Waals surface area contributed by atoms with Crippen LogP contribution in [0.25, 0.3) is 0 Å². The van der Waals surface area contributed by atoms with Crippen LogP contribution in [0.1, 0.15) is 44.9 Å². The molecule has 0 aromatic carbocycles. The standard InChI is InChI=1S/C13H24N2O/c1-14-10-13(8-5-9-13)12(16)15(2)11-6-3-4-7-11/h11,14H,3-10H2,1-2H3. The third kappa shape index (κ3) is 1.97. The molecule has 2 aliphatic rings. The fourth-order valence-corrected chi connectivity index (χ4v) is 3.24. The van der Waals surface area contributed by atoms with Crippen LogP contribution in [0.15, 0.2) is 0 Å². The Bertz CT molecular complexity index is 255. The number of hydrogen-bond donors (Lipinski definition) is 1. The number of nitrogens with zero attached hydrogens (tertiary/aromatic N) is 1. The van der Waals surface area contributed by atoms with Crippen LogP contribution >= 0.6 is 0 Å². The molecule has 0 spiro atoms. The van der Waals surface area contributed by atoms with Gasteiger partial charge in [0.2, 0.25) is 5.91 Å². The maximum Gasteiger partial charge on any atom is 0.230 e. The predicted octanol–water partition coefficient (Wildman–Crippen LogP) is 1.78. The molecule has 0 aromatic rings. The van der Waals surface area contributed by atoms with Crippen molar-refractivity contribution in [3.63, 3.8) is 0 Å². The van der Waals surface area contributed by atoms with Crippen LogP contribution in [-0.4, -0.2) is 37.5 Å². The lowest BCUT2D eigenvalue weighted by molar-refractivity contribution is -0.147. The van der Waals surface area contributed by atoms with Crippen molar-refractivity contribution in [3.8, 4) is 0 Å². The number of amides is 1. The van der Waals surface area contributed by atoms with Crippen LogP contribution in [-0.2, 0) is 4.79 Å². The largest absolute Gasteiger partial charge is 0.342 e. The lowest BCUT2D eigenvalue weighted by atomic mass is 9.67. The smallest absolute Gasteiger partial charge is 0.230 e. The van der Waals surface area contributed by atoms with Crippen LogP contribution in [0.4, 0.5) is 0 Å². The van der Waals surface area contributed by atoms with Gasteiger partial charge < -0.3 is 10.2 Å². The van der Waals surface area contributed by atoms with E-state index in [9.17, 15) is 4.79 Å². The normalized spacial score (nSPS) is 24.1. The first-order valence-corrected chi connectivity index (χ1v) is 6.61. The van der Waals surface area contributed by atoms with Crippen molar-refractivity contribution in [2.24, 2.45) is 5.41 Å². The van der Waals surface area contributed by atoms with E-state index >= 15 is 0 Å². The van der Waals surface area contributed by atoms with E-state index in [-0.39, 0.29) is 5.41 Å².